The molecule has 0 radical (unpaired) electrons. The summed E-state index contributed by atoms with van der Waals surface area (Å²) < 4.78 is 14.4. The Morgan fingerprint density at radius 1 is 1.10 bits per heavy atom. The van der Waals surface area contributed by atoms with E-state index < -0.39 is 0 Å². The highest BCUT2D eigenvalue weighted by molar-refractivity contribution is 6.03. The highest BCUT2D eigenvalue weighted by Gasteiger charge is 2.43. The number of ether oxygens (including phenoxy) is 2. The van der Waals surface area contributed by atoms with Gasteiger partial charge in [-0.2, -0.15) is 4.58 Å². The Labute approximate surface area is 249 Å². The molecule has 3 heterocycles. The summed E-state index contributed by atoms with van der Waals surface area (Å²) in [6, 6.07) is 12.7. The second-order valence-corrected chi connectivity index (χ2v) is 11.4. The summed E-state index contributed by atoms with van der Waals surface area (Å²) in [5.41, 5.74) is 8.70. The minimum Gasteiger partial charge on any atom is -1.00 e. The number of hydrogen-bond donors (Lipinski definition) is 1. The van der Waals surface area contributed by atoms with Crippen molar-refractivity contribution in [1.82, 2.24) is 4.90 Å². The predicted molar refractivity (Wildman–Crippen MR) is 153 cm³/mol. The molecule has 6 heteroatoms. The number of para-hydroxylation sites is 1. The molecular formula is C33H39IN2O3. The maximum absolute atomic E-state index is 10.8. The van der Waals surface area contributed by atoms with Crippen LogP contribution in [0.2, 0.25) is 0 Å². The number of aromatic hydroxyl groups is 1. The molecule has 0 saturated carbocycles. The molecule has 1 fully saturated rings. The number of halogens is 1. The van der Waals surface area contributed by atoms with Gasteiger partial charge in [-0.25, -0.2) is 0 Å². The van der Waals surface area contributed by atoms with Crippen molar-refractivity contribution in [3.05, 3.63) is 82.5 Å². The topological polar surface area (TPSA) is 44.9 Å². The number of rotatable bonds is 6. The predicted octanol–water partition coefficient (Wildman–Crippen LogP) is 3.14. The number of nitrogens with zero attached hydrogens (tertiary/aromatic N) is 2. The number of hydrogen-bond acceptors (Lipinski definition) is 4. The Hall–Kier alpha value is -2.42. The quantitative estimate of drug-likeness (QED) is 0.391. The SMILES string of the molecule is CCC[N+]1=C(/C=C/C2=CC3Oc4cc(O)c(CN5CCOCC5)cc4C=C3CC2)C(C)(C)c2ccccc21.[I-]. The zero-order valence-electron chi connectivity index (χ0n) is 23.3. The standard InChI is InChI=1S/C33H38N2O3.HI/c1-4-13-35-28-8-6-5-7-27(28)33(2,3)32(35)12-10-23-9-11-24-19-25-20-26(22-34-14-16-37-17-15-34)29(36)21-31(25)38-30(24)18-23;/h5-8,10,12,18-21,30H,4,9,11,13-17,22H2,1-3H3;1H/b12-10+;. The van der Waals surface area contributed by atoms with Crippen molar-refractivity contribution in [2.24, 2.45) is 0 Å². The van der Waals surface area contributed by atoms with E-state index in [9.17, 15) is 5.11 Å². The first-order chi connectivity index (χ1) is 18.4. The molecule has 1 aliphatic carbocycles. The van der Waals surface area contributed by atoms with Crippen molar-refractivity contribution >= 4 is 17.5 Å². The number of phenols is 1. The molecular weight excluding hydrogens is 599 g/mol. The molecule has 0 bridgehead atoms. The molecule has 5 nitrogen and oxygen atoms in total. The van der Waals surface area contributed by atoms with Crippen molar-refractivity contribution in [2.45, 2.75) is 58.1 Å². The van der Waals surface area contributed by atoms with Gasteiger partial charge in [0.1, 0.15) is 24.1 Å². The summed E-state index contributed by atoms with van der Waals surface area (Å²) in [5, 5.41) is 10.8. The normalized spacial score (nSPS) is 21.9. The minimum absolute atomic E-state index is 0. The van der Waals surface area contributed by atoms with Crippen LogP contribution in [0.15, 0.2) is 65.8 Å². The van der Waals surface area contributed by atoms with Crippen LogP contribution in [-0.2, 0) is 16.7 Å². The zero-order valence-corrected chi connectivity index (χ0v) is 25.4. The molecule has 3 aliphatic heterocycles. The van der Waals surface area contributed by atoms with Gasteiger partial charge in [0.05, 0.1) is 18.6 Å². The van der Waals surface area contributed by atoms with Crippen LogP contribution in [0, 0.1) is 0 Å². The van der Waals surface area contributed by atoms with Gasteiger partial charge in [0, 0.05) is 61.0 Å². The smallest absolute Gasteiger partial charge is 0.209 e. The molecule has 2 aromatic rings. The maximum Gasteiger partial charge on any atom is 0.209 e. The lowest BCUT2D eigenvalue weighted by atomic mass is 9.81. The fourth-order valence-corrected chi connectivity index (χ4v) is 6.32. The second-order valence-electron chi connectivity index (χ2n) is 11.4. The minimum atomic E-state index is -0.0778. The molecule has 2 aromatic carbocycles. The molecule has 1 saturated heterocycles. The van der Waals surface area contributed by atoms with Gasteiger partial charge in [-0.1, -0.05) is 31.2 Å². The lowest BCUT2D eigenvalue weighted by Gasteiger charge is -2.30. The molecule has 0 aromatic heterocycles. The Morgan fingerprint density at radius 3 is 2.69 bits per heavy atom. The second kappa shape index (κ2) is 11.6. The van der Waals surface area contributed by atoms with Crippen LogP contribution in [0.5, 0.6) is 11.5 Å². The van der Waals surface area contributed by atoms with Crippen LogP contribution in [0.1, 0.15) is 56.7 Å². The van der Waals surface area contributed by atoms with Crippen molar-refractivity contribution < 1.29 is 43.1 Å². The van der Waals surface area contributed by atoms with Gasteiger partial charge >= 0.3 is 0 Å². The monoisotopic (exact) mass is 638 g/mol. The average Bonchev–Trinajstić information content (AvgIpc) is 3.13. The lowest BCUT2D eigenvalue weighted by Crippen LogP contribution is -3.00. The molecule has 0 amide bonds. The third-order valence-corrected chi connectivity index (χ3v) is 8.44. The van der Waals surface area contributed by atoms with Gasteiger partial charge in [-0.15, -0.1) is 0 Å². The van der Waals surface area contributed by atoms with Gasteiger partial charge in [-0.3, -0.25) is 4.90 Å². The summed E-state index contributed by atoms with van der Waals surface area (Å²) in [7, 11) is 0. The van der Waals surface area contributed by atoms with Crippen LogP contribution in [0.3, 0.4) is 0 Å². The van der Waals surface area contributed by atoms with E-state index in [1.807, 2.05) is 0 Å². The number of allylic oxidation sites excluding steroid dienone is 3. The molecule has 1 atom stereocenters. The van der Waals surface area contributed by atoms with E-state index in [2.05, 4.69) is 84.9 Å². The van der Waals surface area contributed by atoms with E-state index in [-0.39, 0.29) is 35.5 Å². The molecule has 4 aliphatic rings. The summed E-state index contributed by atoms with van der Waals surface area (Å²) in [5.74, 6) is 1.07. The third kappa shape index (κ3) is 5.48. The van der Waals surface area contributed by atoms with Crippen molar-refractivity contribution in [2.75, 3.05) is 32.8 Å². The van der Waals surface area contributed by atoms with Gasteiger partial charge in [0.2, 0.25) is 5.69 Å². The van der Waals surface area contributed by atoms with Gasteiger partial charge in [0.25, 0.3) is 0 Å². The van der Waals surface area contributed by atoms with E-state index >= 15 is 0 Å². The first-order valence-electron chi connectivity index (χ1n) is 14.1. The van der Waals surface area contributed by atoms with Crippen LogP contribution in [0.4, 0.5) is 5.69 Å². The van der Waals surface area contributed by atoms with E-state index in [1.165, 1.54) is 28.1 Å². The van der Waals surface area contributed by atoms with Gasteiger partial charge in [0.15, 0.2) is 5.71 Å². The Balaban J connectivity index is 0.00000308. The fourth-order valence-electron chi connectivity index (χ4n) is 6.32. The molecule has 6 rings (SSSR count). The van der Waals surface area contributed by atoms with E-state index in [4.69, 9.17) is 9.47 Å². The van der Waals surface area contributed by atoms with Crippen molar-refractivity contribution in [3.8, 4) is 11.5 Å². The van der Waals surface area contributed by atoms with Gasteiger partial charge < -0.3 is 38.6 Å². The Morgan fingerprint density at radius 2 is 1.90 bits per heavy atom. The Kier molecular flexibility index (Phi) is 8.36. The first-order valence-corrected chi connectivity index (χ1v) is 14.1. The van der Waals surface area contributed by atoms with Crippen LogP contribution >= 0.6 is 0 Å². The van der Waals surface area contributed by atoms with Crippen LogP contribution in [0.25, 0.3) is 6.08 Å². The lowest BCUT2D eigenvalue weighted by molar-refractivity contribution is -0.437. The molecule has 1 N–H and O–H groups in total. The fraction of sp³-hybridized carbons (Fsp3) is 0.424. The highest BCUT2D eigenvalue weighted by atomic mass is 127. The number of morpholine rings is 1. The van der Waals surface area contributed by atoms with Crippen LogP contribution in [-0.4, -0.2) is 59.2 Å². The van der Waals surface area contributed by atoms with Crippen molar-refractivity contribution in [3.63, 3.8) is 0 Å². The maximum atomic E-state index is 10.8. The summed E-state index contributed by atoms with van der Waals surface area (Å²) in [6.45, 7) is 12.0. The number of phenolic OH excluding ortho intramolecular Hbond substituents is 1. The average molecular weight is 639 g/mol. The molecule has 0 spiro atoms. The van der Waals surface area contributed by atoms with Gasteiger partial charge in [-0.05, 0) is 56.1 Å². The molecule has 1 unspecified atom stereocenters. The largest absolute Gasteiger partial charge is 1.00 e. The van der Waals surface area contributed by atoms with E-state index in [0.717, 1.165) is 75.5 Å². The summed E-state index contributed by atoms with van der Waals surface area (Å²) in [4.78, 5) is 2.33. The highest BCUT2D eigenvalue weighted by Crippen LogP contribution is 2.41. The van der Waals surface area contributed by atoms with E-state index in [1.54, 1.807) is 6.07 Å². The molecule has 206 valence electrons. The third-order valence-electron chi connectivity index (χ3n) is 8.44. The summed E-state index contributed by atoms with van der Waals surface area (Å²) >= 11 is 0. The van der Waals surface area contributed by atoms with Crippen molar-refractivity contribution in [1.29, 1.82) is 0 Å². The zero-order chi connectivity index (χ0) is 26.3. The Bertz CT molecular complexity index is 1360. The molecule has 39 heavy (non-hydrogen) atoms. The van der Waals surface area contributed by atoms with E-state index in [0.29, 0.717) is 5.75 Å². The first kappa shape index (κ1) is 28.1. The van der Waals surface area contributed by atoms with Crippen LogP contribution < -0.4 is 28.7 Å². The number of fused-ring (bicyclic) bond motifs is 3. The number of benzene rings is 2. The summed E-state index contributed by atoms with van der Waals surface area (Å²) in [6.07, 6.45) is 12.2.